The van der Waals surface area contributed by atoms with Crippen LogP contribution in [0.25, 0.3) is 11.0 Å². The summed E-state index contributed by atoms with van der Waals surface area (Å²) in [4.78, 5) is 10.0. The van der Waals surface area contributed by atoms with Gasteiger partial charge in [0.2, 0.25) is 5.95 Å². The summed E-state index contributed by atoms with van der Waals surface area (Å²) in [5.41, 5.74) is 2.11. The molecule has 2 N–H and O–H groups in total. The first-order chi connectivity index (χ1) is 8.66. The number of anilines is 1. The maximum Gasteiger partial charge on any atom is 0.203 e. The molecule has 0 spiro atoms. The van der Waals surface area contributed by atoms with Crippen LogP contribution in [0.4, 0.5) is 5.95 Å². The van der Waals surface area contributed by atoms with E-state index in [2.05, 4.69) is 47.1 Å². The molecule has 0 saturated carbocycles. The molecule has 0 radical (unpaired) electrons. The van der Waals surface area contributed by atoms with Crippen molar-refractivity contribution in [1.29, 1.82) is 0 Å². The third kappa shape index (κ3) is 3.23. The number of likely N-dealkylation sites (N-methyl/N-ethyl adjacent to an activating group) is 1. The lowest BCUT2D eigenvalue weighted by Gasteiger charge is -2.16. The summed E-state index contributed by atoms with van der Waals surface area (Å²) in [6.07, 6.45) is 0. The van der Waals surface area contributed by atoms with Crippen LogP contribution in [0.15, 0.2) is 24.3 Å². The zero-order valence-corrected chi connectivity index (χ0v) is 11.4. The van der Waals surface area contributed by atoms with Gasteiger partial charge in [-0.05, 0) is 24.6 Å². The van der Waals surface area contributed by atoms with Crippen molar-refractivity contribution in [1.82, 2.24) is 15.3 Å². The van der Waals surface area contributed by atoms with E-state index >= 15 is 0 Å². The van der Waals surface area contributed by atoms with Gasteiger partial charge in [-0.3, -0.25) is 0 Å². The number of imidazole rings is 1. The molecule has 0 aliphatic carbocycles. The Hall–Kier alpha value is -1.55. The molecule has 0 aliphatic rings. The van der Waals surface area contributed by atoms with E-state index in [9.17, 15) is 0 Å². The SMILES string of the molecule is CC(C)CNCCN(C)c1nc2ccccc2[nH]1. The van der Waals surface area contributed by atoms with Crippen molar-refractivity contribution in [3.8, 4) is 0 Å². The van der Waals surface area contributed by atoms with Gasteiger partial charge in [0.15, 0.2) is 0 Å². The average molecular weight is 246 g/mol. The van der Waals surface area contributed by atoms with Crippen LogP contribution in [0.2, 0.25) is 0 Å². The van der Waals surface area contributed by atoms with Crippen LogP contribution in [-0.2, 0) is 0 Å². The predicted molar refractivity (Wildman–Crippen MR) is 77.1 cm³/mol. The van der Waals surface area contributed by atoms with Crippen LogP contribution in [0.5, 0.6) is 0 Å². The summed E-state index contributed by atoms with van der Waals surface area (Å²) in [5, 5.41) is 3.44. The number of para-hydroxylation sites is 2. The number of aromatic nitrogens is 2. The molecule has 4 heteroatoms. The van der Waals surface area contributed by atoms with E-state index in [1.807, 2.05) is 18.2 Å². The second-order valence-electron chi connectivity index (χ2n) is 5.10. The molecule has 0 amide bonds. The van der Waals surface area contributed by atoms with E-state index in [-0.39, 0.29) is 0 Å². The van der Waals surface area contributed by atoms with Gasteiger partial charge in [-0.15, -0.1) is 0 Å². The van der Waals surface area contributed by atoms with Crippen molar-refractivity contribution < 1.29 is 0 Å². The highest BCUT2D eigenvalue weighted by Crippen LogP contribution is 2.15. The lowest BCUT2D eigenvalue weighted by molar-refractivity contribution is 0.553. The minimum atomic E-state index is 0.696. The zero-order chi connectivity index (χ0) is 13.0. The summed E-state index contributed by atoms with van der Waals surface area (Å²) < 4.78 is 0. The summed E-state index contributed by atoms with van der Waals surface area (Å²) in [6, 6.07) is 8.11. The van der Waals surface area contributed by atoms with Gasteiger partial charge < -0.3 is 15.2 Å². The van der Waals surface area contributed by atoms with Gasteiger partial charge in [-0.2, -0.15) is 0 Å². The summed E-state index contributed by atoms with van der Waals surface area (Å²) >= 11 is 0. The fourth-order valence-corrected chi connectivity index (χ4v) is 1.86. The second kappa shape index (κ2) is 5.87. The van der Waals surface area contributed by atoms with E-state index in [0.717, 1.165) is 36.6 Å². The van der Waals surface area contributed by atoms with Crippen LogP contribution in [0, 0.1) is 5.92 Å². The average Bonchev–Trinajstić information content (AvgIpc) is 2.78. The molecule has 0 saturated heterocycles. The quantitative estimate of drug-likeness (QED) is 0.768. The minimum absolute atomic E-state index is 0.696. The Balaban J connectivity index is 1.90. The maximum atomic E-state index is 4.57. The van der Waals surface area contributed by atoms with E-state index in [4.69, 9.17) is 0 Å². The van der Waals surface area contributed by atoms with Gasteiger partial charge in [-0.25, -0.2) is 4.98 Å². The molecule has 18 heavy (non-hydrogen) atoms. The molecule has 0 aliphatic heterocycles. The Morgan fingerprint density at radius 2 is 2.11 bits per heavy atom. The van der Waals surface area contributed by atoms with Crippen molar-refractivity contribution in [3.05, 3.63) is 24.3 Å². The molecule has 4 nitrogen and oxygen atoms in total. The van der Waals surface area contributed by atoms with E-state index in [1.54, 1.807) is 0 Å². The number of aromatic amines is 1. The molecule has 2 rings (SSSR count). The standard InChI is InChI=1S/C14H22N4/c1-11(2)10-15-8-9-18(3)14-16-12-6-4-5-7-13(12)17-14/h4-7,11,15H,8-10H2,1-3H3,(H,16,17). The highest BCUT2D eigenvalue weighted by molar-refractivity contribution is 5.77. The van der Waals surface area contributed by atoms with Gasteiger partial charge in [0.1, 0.15) is 0 Å². The van der Waals surface area contributed by atoms with Gasteiger partial charge in [0, 0.05) is 20.1 Å². The molecular formula is C14H22N4. The van der Waals surface area contributed by atoms with Crippen LogP contribution in [-0.4, -0.2) is 36.6 Å². The van der Waals surface area contributed by atoms with Crippen molar-refractivity contribution >= 4 is 17.0 Å². The van der Waals surface area contributed by atoms with Gasteiger partial charge in [0.25, 0.3) is 0 Å². The molecule has 0 unspecified atom stereocenters. The number of nitrogens with one attached hydrogen (secondary N) is 2. The highest BCUT2D eigenvalue weighted by atomic mass is 15.2. The second-order valence-corrected chi connectivity index (χ2v) is 5.10. The number of benzene rings is 1. The monoisotopic (exact) mass is 246 g/mol. The molecule has 1 heterocycles. The molecule has 0 atom stereocenters. The fraction of sp³-hybridized carbons (Fsp3) is 0.500. The number of H-pyrrole nitrogens is 1. The van der Waals surface area contributed by atoms with Crippen LogP contribution in [0.3, 0.4) is 0 Å². The molecular weight excluding hydrogens is 224 g/mol. The van der Waals surface area contributed by atoms with Crippen LogP contribution >= 0.6 is 0 Å². The summed E-state index contributed by atoms with van der Waals surface area (Å²) in [5.74, 6) is 1.63. The molecule has 0 bridgehead atoms. The van der Waals surface area contributed by atoms with Crippen molar-refractivity contribution in [2.24, 2.45) is 5.92 Å². The maximum absolute atomic E-state index is 4.57. The topological polar surface area (TPSA) is 44.0 Å². The molecule has 98 valence electrons. The lowest BCUT2D eigenvalue weighted by atomic mass is 10.2. The molecule has 0 fully saturated rings. The molecule has 1 aromatic carbocycles. The number of hydrogen-bond acceptors (Lipinski definition) is 3. The van der Waals surface area contributed by atoms with Gasteiger partial charge in [-0.1, -0.05) is 26.0 Å². The minimum Gasteiger partial charge on any atom is -0.344 e. The third-order valence-electron chi connectivity index (χ3n) is 2.92. The lowest BCUT2D eigenvalue weighted by Crippen LogP contribution is -2.31. The third-order valence-corrected chi connectivity index (χ3v) is 2.92. The first-order valence-electron chi connectivity index (χ1n) is 6.53. The van der Waals surface area contributed by atoms with E-state index in [1.165, 1.54) is 0 Å². The smallest absolute Gasteiger partial charge is 0.203 e. The Labute approximate surface area is 108 Å². The Morgan fingerprint density at radius 3 is 2.83 bits per heavy atom. The van der Waals surface area contributed by atoms with Crippen LogP contribution < -0.4 is 10.2 Å². The van der Waals surface area contributed by atoms with Crippen molar-refractivity contribution in [2.45, 2.75) is 13.8 Å². The van der Waals surface area contributed by atoms with Crippen LogP contribution in [0.1, 0.15) is 13.8 Å². The first kappa shape index (κ1) is 12.9. The van der Waals surface area contributed by atoms with Gasteiger partial charge >= 0.3 is 0 Å². The first-order valence-corrected chi connectivity index (χ1v) is 6.53. The van der Waals surface area contributed by atoms with Gasteiger partial charge in [0.05, 0.1) is 11.0 Å². The van der Waals surface area contributed by atoms with Crippen molar-refractivity contribution in [3.63, 3.8) is 0 Å². The number of nitrogens with zero attached hydrogens (tertiary/aromatic N) is 2. The molecule has 1 aromatic heterocycles. The van der Waals surface area contributed by atoms with E-state index in [0.29, 0.717) is 5.92 Å². The number of fused-ring (bicyclic) bond motifs is 1. The number of hydrogen-bond donors (Lipinski definition) is 2. The fourth-order valence-electron chi connectivity index (χ4n) is 1.86. The Kier molecular flexibility index (Phi) is 4.20. The highest BCUT2D eigenvalue weighted by Gasteiger charge is 2.06. The Morgan fingerprint density at radius 1 is 1.33 bits per heavy atom. The largest absolute Gasteiger partial charge is 0.344 e. The summed E-state index contributed by atoms with van der Waals surface area (Å²) in [7, 11) is 2.06. The summed E-state index contributed by atoms with van der Waals surface area (Å²) in [6.45, 7) is 7.43. The Bertz CT molecular complexity index is 456. The predicted octanol–water partition coefficient (Wildman–Crippen LogP) is 2.24. The van der Waals surface area contributed by atoms with Crippen molar-refractivity contribution in [2.75, 3.05) is 31.6 Å². The zero-order valence-electron chi connectivity index (χ0n) is 11.4. The number of rotatable bonds is 6. The molecule has 2 aromatic rings. The normalized spacial score (nSPS) is 11.3. The van der Waals surface area contributed by atoms with E-state index < -0.39 is 0 Å².